The maximum absolute atomic E-state index is 11.9. The molecule has 9 heteroatoms. The van der Waals surface area contributed by atoms with Crippen molar-refractivity contribution >= 4 is 39.7 Å². The van der Waals surface area contributed by atoms with E-state index in [0.29, 0.717) is 22.0 Å². The van der Waals surface area contributed by atoms with Gasteiger partial charge >= 0.3 is 5.00 Å². The first-order valence-corrected chi connectivity index (χ1v) is 7.39. The SMILES string of the molecule is Cc1nc2ccc(NC(=O)/C=C/c3ccc([N+](=O)[O-])s3)cn2n1. The van der Waals surface area contributed by atoms with E-state index in [1.165, 1.54) is 18.2 Å². The predicted molar refractivity (Wildman–Crippen MR) is 86.4 cm³/mol. The number of rotatable bonds is 4. The Morgan fingerprint density at radius 3 is 2.96 bits per heavy atom. The van der Waals surface area contributed by atoms with Gasteiger partial charge in [0.1, 0.15) is 5.82 Å². The van der Waals surface area contributed by atoms with Crippen LogP contribution in [-0.4, -0.2) is 25.4 Å². The molecule has 0 bridgehead atoms. The molecule has 0 atom stereocenters. The van der Waals surface area contributed by atoms with Gasteiger partial charge in [-0.05, 0) is 31.2 Å². The highest BCUT2D eigenvalue weighted by molar-refractivity contribution is 7.16. The third kappa shape index (κ3) is 3.40. The summed E-state index contributed by atoms with van der Waals surface area (Å²) in [5.41, 5.74) is 1.27. The molecular weight excluding hydrogens is 318 g/mol. The van der Waals surface area contributed by atoms with Gasteiger partial charge in [-0.25, -0.2) is 9.50 Å². The molecular formula is C14H11N5O3S. The number of anilines is 1. The topological polar surface area (TPSA) is 102 Å². The van der Waals surface area contributed by atoms with Gasteiger partial charge in [0.15, 0.2) is 5.65 Å². The lowest BCUT2D eigenvalue weighted by Crippen LogP contribution is -2.08. The fourth-order valence-electron chi connectivity index (χ4n) is 1.94. The zero-order valence-corrected chi connectivity index (χ0v) is 12.8. The number of fused-ring (bicyclic) bond motifs is 1. The third-order valence-electron chi connectivity index (χ3n) is 2.90. The van der Waals surface area contributed by atoms with E-state index >= 15 is 0 Å². The lowest BCUT2D eigenvalue weighted by Gasteiger charge is -2.01. The molecule has 0 saturated heterocycles. The molecule has 3 heterocycles. The van der Waals surface area contributed by atoms with Crippen LogP contribution in [0.15, 0.2) is 36.5 Å². The van der Waals surface area contributed by atoms with Crippen molar-refractivity contribution in [1.29, 1.82) is 0 Å². The van der Waals surface area contributed by atoms with E-state index in [0.717, 1.165) is 11.3 Å². The van der Waals surface area contributed by atoms with E-state index in [1.54, 1.807) is 35.8 Å². The quantitative estimate of drug-likeness (QED) is 0.450. The Bertz CT molecular complexity index is 928. The first-order chi connectivity index (χ1) is 11.0. The second-order valence-corrected chi connectivity index (χ2v) is 5.73. The molecule has 0 fully saturated rings. The van der Waals surface area contributed by atoms with E-state index in [4.69, 9.17) is 0 Å². The minimum atomic E-state index is -0.461. The third-order valence-corrected chi connectivity index (χ3v) is 3.90. The van der Waals surface area contributed by atoms with Gasteiger partial charge in [-0.15, -0.1) is 0 Å². The summed E-state index contributed by atoms with van der Waals surface area (Å²) in [4.78, 5) is 26.9. The number of pyridine rings is 1. The second-order valence-electron chi connectivity index (χ2n) is 4.64. The standard InChI is InChI=1S/C14H11N5O3S/c1-9-15-12-5-2-10(8-18(12)17-9)16-13(20)6-3-11-4-7-14(23-11)19(21)22/h2-8H,1H3,(H,16,20)/b6-3+. The maximum atomic E-state index is 11.9. The van der Waals surface area contributed by atoms with Gasteiger partial charge in [0, 0.05) is 17.0 Å². The average molecular weight is 329 g/mol. The summed E-state index contributed by atoms with van der Waals surface area (Å²) in [5.74, 6) is 0.310. The maximum Gasteiger partial charge on any atom is 0.324 e. The molecule has 3 rings (SSSR count). The number of hydrogen-bond acceptors (Lipinski definition) is 6. The molecule has 0 saturated carbocycles. The van der Waals surface area contributed by atoms with Gasteiger partial charge in [0.25, 0.3) is 0 Å². The Morgan fingerprint density at radius 1 is 1.39 bits per heavy atom. The number of thiophene rings is 1. The number of carbonyl (C=O) groups excluding carboxylic acids is 1. The summed E-state index contributed by atoms with van der Waals surface area (Å²) in [7, 11) is 0. The largest absolute Gasteiger partial charge is 0.324 e. The van der Waals surface area contributed by atoms with Crippen LogP contribution < -0.4 is 5.32 Å². The zero-order valence-electron chi connectivity index (χ0n) is 12.0. The van der Waals surface area contributed by atoms with Crippen LogP contribution in [0.3, 0.4) is 0 Å². The number of hydrogen-bond donors (Lipinski definition) is 1. The van der Waals surface area contributed by atoms with Gasteiger partial charge in [-0.1, -0.05) is 11.3 Å². The summed E-state index contributed by atoms with van der Waals surface area (Å²) < 4.78 is 1.58. The predicted octanol–water partition coefficient (Wildman–Crippen LogP) is 2.66. The molecule has 0 aromatic carbocycles. The summed E-state index contributed by atoms with van der Waals surface area (Å²) in [5, 5.41) is 17.5. The number of amides is 1. The summed E-state index contributed by atoms with van der Waals surface area (Å²) >= 11 is 1.01. The van der Waals surface area contributed by atoms with Crippen molar-refractivity contribution in [2.45, 2.75) is 6.92 Å². The molecule has 23 heavy (non-hydrogen) atoms. The fourth-order valence-corrected chi connectivity index (χ4v) is 2.66. The molecule has 0 aliphatic rings. The molecule has 0 radical (unpaired) electrons. The number of nitrogens with zero attached hydrogens (tertiary/aromatic N) is 4. The molecule has 116 valence electrons. The van der Waals surface area contributed by atoms with Crippen molar-refractivity contribution in [1.82, 2.24) is 14.6 Å². The highest BCUT2D eigenvalue weighted by Crippen LogP contribution is 2.24. The van der Waals surface area contributed by atoms with Crippen LogP contribution >= 0.6 is 11.3 Å². The zero-order chi connectivity index (χ0) is 16.4. The van der Waals surface area contributed by atoms with Crippen molar-refractivity contribution in [2.75, 3.05) is 5.32 Å². The van der Waals surface area contributed by atoms with E-state index in [2.05, 4.69) is 15.4 Å². The average Bonchev–Trinajstić information content (AvgIpc) is 3.10. The monoisotopic (exact) mass is 329 g/mol. The van der Waals surface area contributed by atoms with Crippen molar-refractivity contribution in [3.05, 3.63) is 57.4 Å². The Kier molecular flexibility index (Phi) is 3.85. The first kappa shape index (κ1) is 14.9. The van der Waals surface area contributed by atoms with Gasteiger partial charge in [-0.3, -0.25) is 14.9 Å². The summed E-state index contributed by atoms with van der Waals surface area (Å²) in [6.45, 7) is 1.79. The lowest BCUT2D eigenvalue weighted by atomic mass is 10.3. The summed E-state index contributed by atoms with van der Waals surface area (Å²) in [6.07, 6.45) is 4.52. The van der Waals surface area contributed by atoms with Crippen LogP contribution in [0.4, 0.5) is 10.7 Å². The first-order valence-electron chi connectivity index (χ1n) is 6.57. The highest BCUT2D eigenvalue weighted by Gasteiger charge is 2.08. The van der Waals surface area contributed by atoms with E-state index in [1.807, 2.05) is 0 Å². The molecule has 0 spiro atoms. The lowest BCUT2D eigenvalue weighted by molar-refractivity contribution is -0.380. The van der Waals surface area contributed by atoms with Crippen molar-refractivity contribution in [3.8, 4) is 0 Å². The van der Waals surface area contributed by atoms with Gasteiger partial charge in [-0.2, -0.15) is 5.10 Å². The van der Waals surface area contributed by atoms with Gasteiger partial charge < -0.3 is 5.32 Å². The van der Waals surface area contributed by atoms with Crippen LogP contribution in [0.1, 0.15) is 10.7 Å². The Labute approximate surface area is 134 Å². The smallest absolute Gasteiger partial charge is 0.321 e. The molecule has 1 amide bonds. The molecule has 1 N–H and O–H groups in total. The van der Waals surface area contributed by atoms with E-state index in [-0.39, 0.29) is 10.9 Å². The van der Waals surface area contributed by atoms with Crippen LogP contribution in [0.2, 0.25) is 0 Å². The summed E-state index contributed by atoms with van der Waals surface area (Å²) in [6, 6.07) is 6.48. The number of nitrogens with one attached hydrogen (secondary N) is 1. The molecule has 0 aliphatic heterocycles. The molecule has 3 aromatic rings. The van der Waals surface area contributed by atoms with Crippen LogP contribution in [-0.2, 0) is 4.79 Å². The van der Waals surface area contributed by atoms with E-state index in [9.17, 15) is 14.9 Å². The van der Waals surface area contributed by atoms with Gasteiger partial charge in [0.05, 0.1) is 16.8 Å². The highest BCUT2D eigenvalue weighted by atomic mass is 32.1. The number of carbonyl (C=O) groups is 1. The normalized spacial score (nSPS) is 11.2. The Morgan fingerprint density at radius 2 is 2.22 bits per heavy atom. The van der Waals surface area contributed by atoms with E-state index < -0.39 is 4.92 Å². The molecule has 8 nitrogen and oxygen atoms in total. The Balaban J connectivity index is 1.69. The molecule has 0 aliphatic carbocycles. The van der Waals surface area contributed by atoms with Crippen LogP contribution in [0, 0.1) is 17.0 Å². The second kappa shape index (κ2) is 5.97. The number of nitro groups is 1. The minimum Gasteiger partial charge on any atom is -0.321 e. The molecule has 3 aromatic heterocycles. The fraction of sp³-hybridized carbons (Fsp3) is 0.0714. The Hall–Kier alpha value is -3.07. The van der Waals surface area contributed by atoms with Gasteiger partial charge in [0.2, 0.25) is 5.91 Å². The number of aryl methyl sites for hydroxylation is 1. The number of aromatic nitrogens is 3. The molecule has 0 unspecified atom stereocenters. The minimum absolute atomic E-state index is 0.0389. The van der Waals surface area contributed by atoms with Crippen molar-refractivity contribution in [2.24, 2.45) is 0 Å². The van der Waals surface area contributed by atoms with Crippen molar-refractivity contribution in [3.63, 3.8) is 0 Å². The van der Waals surface area contributed by atoms with Crippen LogP contribution in [0.25, 0.3) is 11.7 Å². The van der Waals surface area contributed by atoms with Crippen LogP contribution in [0.5, 0.6) is 0 Å². The van der Waals surface area contributed by atoms with Crippen molar-refractivity contribution < 1.29 is 9.72 Å².